The molecule has 3 N–H and O–H groups in total. The topological polar surface area (TPSA) is 115 Å². The summed E-state index contributed by atoms with van der Waals surface area (Å²) in [6, 6.07) is 2.08. The highest BCUT2D eigenvalue weighted by atomic mass is 32.2. The maximum atomic E-state index is 13.4. The van der Waals surface area contributed by atoms with Crippen LogP contribution < -0.4 is 5.14 Å². The van der Waals surface area contributed by atoms with Gasteiger partial charge in [-0.05, 0) is 35.6 Å². The van der Waals surface area contributed by atoms with E-state index in [1.807, 2.05) is 0 Å². The molecule has 0 aliphatic heterocycles. The second-order valence-corrected chi connectivity index (χ2v) is 7.52. The van der Waals surface area contributed by atoms with Crippen molar-refractivity contribution in [1.29, 1.82) is 0 Å². The first kappa shape index (κ1) is 17.8. The molecule has 1 aliphatic rings. The third-order valence-electron chi connectivity index (χ3n) is 4.39. The molecule has 0 atom stereocenters. The van der Waals surface area contributed by atoms with Gasteiger partial charge in [0.15, 0.2) is 0 Å². The summed E-state index contributed by atoms with van der Waals surface area (Å²) < 4.78 is 64.3. The molecule has 25 heavy (non-hydrogen) atoms. The van der Waals surface area contributed by atoms with E-state index in [2.05, 4.69) is 20.6 Å². The zero-order chi connectivity index (χ0) is 18.2. The van der Waals surface area contributed by atoms with Crippen LogP contribution in [0.1, 0.15) is 49.1 Å². The average Bonchev–Trinajstić information content (AvgIpc) is 3.07. The number of aromatic amines is 1. The van der Waals surface area contributed by atoms with E-state index in [1.54, 1.807) is 0 Å². The summed E-state index contributed by atoms with van der Waals surface area (Å²) in [5, 5.41) is 18.0. The van der Waals surface area contributed by atoms with Gasteiger partial charge in [-0.25, -0.2) is 13.6 Å². The molecular weight excluding hydrogens is 359 g/mol. The maximum Gasteiger partial charge on any atom is 0.417 e. The minimum Gasteiger partial charge on any atom is -0.225 e. The number of sulfonamides is 1. The Morgan fingerprint density at radius 2 is 1.84 bits per heavy atom. The Hall–Kier alpha value is -2.01. The summed E-state index contributed by atoms with van der Waals surface area (Å²) in [6.45, 7) is 0. The van der Waals surface area contributed by atoms with E-state index >= 15 is 0 Å². The summed E-state index contributed by atoms with van der Waals surface area (Å²) in [5.74, 6) is -0.291. The van der Waals surface area contributed by atoms with Crippen LogP contribution in [0.5, 0.6) is 0 Å². The van der Waals surface area contributed by atoms with Crippen LogP contribution in [0, 0.1) is 0 Å². The predicted molar refractivity (Wildman–Crippen MR) is 81.8 cm³/mol. The molecule has 0 unspecified atom stereocenters. The quantitative estimate of drug-likeness (QED) is 0.856. The Morgan fingerprint density at radius 1 is 1.16 bits per heavy atom. The zero-order valence-corrected chi connectivity index (χ0v) is 13.9. The van der Waals surface area contributed by atoms with Crippen LogP contribution in [0.25, 0.3) is 11.4 Å². The SMILES string of the molecule is NS(=O)(=O)c1c(C(F)(F)F)ccc(C2CCCCC2)c1-c1nn[nH]n1. The Kier molecular flexibility index (Phi) is 4.54. The molecule has 7 nitrogen and oxygen atoms in total. The first-order valence-corrected chi connectivity index (χ1v) is 9.25. The van der Waals surface area contributed by atoms with Crippen LogP contribution in [0.3, 0.4) is 0 Å². The fourth-order valence-corrected chi connectivity index (χ4v) is 4.35. The van der Waals surface area contributed by atoms with Crippen molar-refractivity contribution < 1.29 is 21.6 Å². The smallest absolute Gasteiger partial charge is 0.225 e. The van der Waals surface area contributed by atoms with Gasteiger partial charge in [0.05, 0.1) is 5.56 Å². The fourth-order valence-electron chi connectivity index (χ4n) is 3.37. The molecule has 2 aromatic rings. The first-order chi connectivity index (χ1) is 11.7. The highest BCUT2D eigenvalue weighted by molar-refractivity contribution is 7.89. The highest BCUT2D eigenvalue weighted by Gasteiger charge is 2.40. The molecule has 0 bridgehead atoms. The fraction of sp³-hybridized carbons (Fsp3) is 0.500. The van der Waals surface area contributed by atoms with Crippen molar-refractivity contribution in [2.24, 2.45) is 5.14 Å². The van der Waals surface area contributed by atoms with Crippen molar-refractivity contribution in [2.45, 2.75) is 49.1 Å². The third kappa shape index (κ3) is 3.52. The number of hydrogen-bond donors (Lipinski definition) is 2. The van der Waals surface area contributed by atoms with Gasteiger partial charge in [-0.2, -0.15) is 18.4 Å². The van der Waals surface area contributed by atoms with Crippen molar-refractivity contribution in [3.63, 3.8) is 0 Å². The van der Waals surface area contributed by atoms with Gasteiger partial charge in [0.25, 0.3) is 0 Å². The van der Waals surface area contributed by atoms with Gasteiger partial charge in [0.2, 0.25) is 15.8 Å². The minimum absolute atomic E-state index is 0.0787. The standard InChI is InChI=1S/C14H16F3N5O2S/c15-14(16,17)10-7-6-9(8-4-2-1-3-5-8)11(12(10)25(18,23)24)13-19-21-22-20-13/h6-8H,1-5H2,(H2,18,23,24)(H,19,20,21,22). The van der Waals surface area contributed by atoms with E-state index in [1.165, 1.54) is 6.07 Å². The van der Waals surface area contributed by atoms with Crippen molar-refractivity contribution >= 4 is 10.0 Å². The molecule has 0 saturated heterocycles. The molecule has 1 heterocycles. The van der Waals surface area contributed by atoms with E-state index in [9.17, 15) is 21.6 Å². The van der Waals surface area contributed by atoms with Crippen LogP contribution in [-0.4, -0.2) is 29.0 Å². The summed E-state index contributed by atoms with van der Waals surface area (Å²) in [7, 11) is -4.68. The summed E-state index contributed by atoms with van der Waals surface area (Å²) in [5.41, 5.74) is -1.08. The molecule has 11 heteroatoms. The molecule has 0 spiro atoms. The second-order valence-electron chi connectivity index (χ2n) is 6.02. The molecular formula is C14H16F3N5O2S. The Labute approximate surface area is 141 Å². The summed E-state index contributed by atoms with van der Waals surface area (Å²) in [6.07, 6.45) is -0.507. The molecule has 1 aliphatic carbocycles. The number of nitrogens with one attached hydrogen (secondary N) is 1. The number of primary sulfonamides is 1. The number of nitrogens with two attached hydrogens (primary N) is 1. The lowest BCUT2D eigenvalue weighted by molar-refractivity contribution is -0.139. The summed E-state index contributed by atoms with van der Waals surface area (Å²) in [4.78, 5) is -0.996. The molecule has 136 valence electrons. The molecule has 1 saturated carbocycles. The molecule has 1 aromatic carbocycles. The Bertz CT molecular complexity index is 859. The van der Waals surface area contributed by atoms with E-state index < -0.39 is 26.7 Å². The van der Waals surface area contributed by atoms with Gasteiger partial charge in [-0.3, -0.25) is 0 Å². The Morgan fingerprint density at radius 3 is 2.36 bits per heavy atom. The second kappa shape index (κ2) is 6.37. The number of tetrazole rings is 1. The van der Waals surface area contributed by atoms with Gasteiger partial charge in [-0.1, -0.05) is 25.3 Å². The largest absolute Gasteiger partial charge is 0.417 e. The number of benzene rings is 1. The van der Waals surface area contributed by atoms with Crippen molar-refractivity contribution in [3.8, 4) is 11.4 Å². The van der Waals surface area contributed by atoms with Crippen LogP contribution >= 0.6 is 0 Å². The number of H-pyrrole nitrogens is 1. The van der Waals surface area contributed by atoms with Gasteiger partial charge in [-0.15, -0.1) is 10.2 Å². The van der Waals surface area contributed by atoms with Crippen molar-refractivity contribution in [2.75, 3.05) is 0 Å². The lowest BCUT2D eigenvalue weighted by atomic mass is 9.81. The number of nitrogens with zero attached hydrogens (tertiary/aromatic N) is 3. The number of halogens is 3. The number of alkyl halides is 3. The van der Waals surface area contributed by atoms with Crippen LogP contribution in [0.2, 0.25) is 0 Å². The monoisotopic (exact) mass is 375 g/mol. The lowest BCUT2D eigenvalue weighted by Gasteiger charge is -2.26. The van der Waals surface area contributed by atoms with E-state index in [0.29, 0.717) is 5.56 Å². The molecule has 1 fully saturated rings. The number of aromatic nitrogens is 4. The van der Waals surface area contributed by atoms with Crippen LogP contribution in [0.15, 0.2) is 17.0 Å². The number of hydrogen-bond acceptors (Lipinski definition) is 5. The average molecular weight is 375 g/mol. The van der Waals surface area contributed by atoms with E-state index in [4.69, 9.17) is 5.14 Å². The van der Waals surface area contributed by atoms with Crippen LogP contribution in [-0.2, 0) is 16.2 Å². The molecule has 0 amide bonds. The van der Waals surface area contributed by atoms with Crippen molar-refractivity contribution in [3.05, 3.63) is 23.3 Å². The minimum atomic E-state index is -4.88. The van der Waals surface area contributed by atoms with E-state index in [0.717, 1.165) is 38.2 Å². The lowest BCUT2D eigenvalue weighted by Crippen LogP contribution is -2.22. The molecule has 0 radical (unpaired) electrons. The third-order valence-corrected chi connectivity index (χ3v) is 5.39. The summed E-state index contributed by atoms with van der Waals surface area (Å²) >= 11 is 0. The van der Waals surface area contributed by atoms with E-state index in [-0.39, 0.29) is 17.3 Å². The normalized spacial score (nSPS) is 17.0. The van der Waals surface area contributed by atoms with Crippen molar-refractivity contribution in [1.82, 2.24) is 20.6 Å². The molecule has 1 aromatic heterocycles. The van der Waals surface area contributed by atoms with Crippen LogP contribution in [0.4, 0.5) is 13.2 Å². The van der Waals surface area contributed by atoms with Gasteiger partial charge < -0.3 is 0 Å². The molecule has 3 rings (SSSR count). The maximum absolute atomic E-state index is 13.4. The van der Waals surface area contributed by atoms with Gasteiger partial charge >= 0.3 is 6.18 Å². The highest BCUT2D eigenvalue weighted by Crippen LogP contribution is 2.44. The zero-order valence-electron chi connectivity index (χ0n) is 13.0. The predicted octanol–water partition coefficient (Wildman–Crippen LogP) is 2.58. The Balaban J connectivity index is 2.34. The first-order valence-electron chi connectivity index (χ1n) is 7.70. The van der Waals surface area contributed by atoms with Gasteiger partial charge in [0, 0.05) is 5.56 Å². The van der Waals surface area contributed by atoms with Gasteiger partial charge in [0.1, 0.15) is 4.90 Å². The number of rotatable bonds is 3.